The molecule has 0 spiro atoms. The summed E-state index contributed by atoms with van der Waals surface area (Å²) >= 11 is -1.64. The fourth-order valence-electron chi connectivity index (χ4n) is 3.07. The highest BCUT2D eigenvalue weighted by Crippen LogP contribution is 2.32. The summed E-state index contributed by atoms with van der Waals surface area (Å²) in [5, 5.41) is 21.2. The third-order valence-electron chi connectivity index (χ3n) is 4.54. The molecule has 2 unspecified atom stereocenters. The van der Waals surface area contributed by atoms with Crippen LogP contribution in [-0.4, -0.2) is 27.5 Å². The molecule has 2 atom stereocenters. The van der Waals surface area contributed by atoms with Crippen molar-refractivity contribution in [3.8, 4) is 0 Å². The molecule has 0 saturated carbocycles. The number of carboxylic acid groups (broad SMARTS) is 1. The number of carboxylic acids is 1. The molecule has 0 saturated heterocycles. The summed E-state index contributed by atoms with van der Waals surface area (Å²) in [6, 6.07) is 21.8. The van der Waals surface area contributed by atoms with Crippen LogP contribution in [-0.2, 0) is 16.0 Å². The van der Waals surface area contributed by atoms with Crippen molar-refractivity contribution in [3.63, 3.8) is 0 Å². The number of guanidine groups is 1. The summed E-state index contributed by atoms with van der Waals surface area (Å²) in [5.74, 6) is -1.62. The maximum Gasteiger partial charge on any atom is 0.308 e. The molecular weight excluding hydrogens is 428 g/mol. The highest BCUT2D eigenvalue weighted by molar-refractivity contribution is 7.91. The summed E-state index contributed by atoms with van der Waals surface area (Å²) in [6.07, 6.45) is -0.284. The van der Waals surface area contributed by atoms with Crippen molar-refractivity contribution >= 4 is 40.4 Å². The Morgan fingerprint density at radius 1 is 0.969 bits per heavy atom. The Morgan fingerprint density at radius 2 is 1.66 bits per heavy atom. The normalized spacial score (nSPS) is 12.4. The molecule has 1 amide bonds. The molecule has 3 rings (SSSR count). The standard InChI is InChI=1S/C23H22N4O4S/c24-23(25)27-17-11-9-16(10-12-17)22(30)26-18-7-4-8-19(13-18)32(31)20(14-21(28)29)15-5-2-1-3-6-15/h1-13,20H,14H2,(H,26,30)(H,28,29)(H4,24,25,27). The summed E-state index contributed by atoms with van der Waals surface area (Å²) in [6.45, 7) is 0. The molecule has 9 heteroatoms. The first-order valence-corrected chi connectivity index (χ1v) is 10.8. The fourth-order valence-corrected chi connectivity index (χ4v) is 4.55. The third-order valence-corrected chi connectivity index (χ3v) is 6.21. The van der Waals surface area contributed by atoms with Crippen molar-refractivity contribution < 1.29 is 19.2 Å². The van der Waals surface area contributed by atoms with Crippen LogP contribution in [0.15, 0.2) is 83.8 Å². The minimum absolute atomic E-state index is 0.205. The highest BCUT2D eigenvalue weighted by atomic mass is 32.2. The summed E-state index contributed by atoms with van der Waals surface area (Å²) in [7, 11) is 0. The van der Waals surface area contributed by atoms with Gasteiger partial charge in [-0.25, -0.2) is 0 Å². The lowest BCUT2D eigenvalue weighted by atomic mass is 10.1. The molecule has 0 heterocycles. The Bertz CT molecular complexity index is 1110. The summed E-state index contributed by atoms with van der Waals surface area (Å²) < 4.78 is 13.2. The van der Waals surface area contributed by atoms with Gasteiger partial charge in [0.15, 0.2) is 16.1 Å². The van der Waals surface area contributed by atoms with Gasteiger partial charge in [0, 0.05) is 28.6 Å². The van der Waals surface area contributed by atoms with E-state index in [2.05, 4.69) is 10.6 Å². The van der Waals surface area contributed by atoms with E-state index in [1.54, 1.807) is 72.8 Å². The second-order valence-electron chi connectivity index (χ2n) is 6.89. The van der Waals surface area contributed by atoms with Gasteiger partial charge < -0.3 is 26.0 Å². The zero-order valence-corrected chi connectivity index (χ0v) is 17.8. The van der Waals surface area contributed by atoms with E-state index in [1.807, 2.05) is 6.07 Å². The van der Waals surface area contributed by atoms with Gasteiger partial charge in [-0.3, -0.25) is 15.0 Å². The van der Waals surface area contributed by atoms with Crippen LogP contribution >= 0.6 is 0 Å². The van der Waals surface area contributed by atoms with E-state index in [0.29, 0.717) is 27.4 Å². The lowest BCUT2D eigenvalue weighted by molar-refractivity contribution is -0.137. The molecule has 8 nitrogen and oxygen atoms in total. The maximum absolute atomic E-state index is 13.2. The molecule has 0 bridgehead atoms. The molecule has 32 heavy (non-hydrogen) atoms. The predicted octanol–water partition coefficient (Wildman–Crippen LogP) is 3.57. The Kier molecular flexibility index (Phi) is 7.48. The SMILES string of the molecule is N=C(N)Nc1ccc(C(=O)Nc2cccc([S+]([O-])C(CC(=O)O)c3ccccc3)c2)cc1. The van der Waals surface area contributed by atoms with Crippen LogP contribution in [0.4, 0.5) is 11.4 Å². The van der Waals surface area contributed by atoms with E-state index in [0.717, 1.165) is 0 Å². The lowest BCUT2D eigenvalue weighted by Crippen LogP contribution is -2.20. The van der Waals surface area contributed by atoms with Crippen LogP contribution in [0.1, 0.15) is 27.6 Å². The zero-order chi connectivity index (χ0) is 23.1. The van der Waals surface area contributed by atoms with Crippen molar-refractivity contribution in [1.29, 1.82) is 5.41 Å². The molecule has 6 N–H and O–H groups in total. The zero-order valence-electron chi connectivity index (χ0n) is 16.9. The van der Waals surface area contributed by atoms with Gasteiger partial charge in [0.05, 0.1) is 6.42 Å². The van der Waals surface area contributed by atoms with Crippen LogP contribution in [0.2, 0.25) is 0 Å². The van der Waals surface area contributed by atoms with Gasteiger partial charge in [0.25, 0.3) is 5.91 Å². The monoisotopic (exact) mass is 450 g/mol. The number of nitrogens with one attached hydrogen (secondary N) is 3. The second kappa shape index (κ2) is 10.5. The minimum Gasteiger partial charge on any atom is -0.611 e. The van der Waals surface area contributed by atoms with Crippen LogP contribution in [0.25, 0.3) is 0 Å². The Labute approximate surface area is 188 Å². The molecule has 0 aromatic heterocycles. The van der Waals surface area contributed by atoms with Gasteiger partial charge in [-0.1, -0.05) is 36.4 Å². The molecule has 3 aromatic carbocycles. The summed E-state index contributed by atoms with van der Waals surface area (Å²) in [4.78, 5) is 24.3. The number of carbonyl (C=O) groups is 2. The number of hydrogen-bond acceptors (Lipinski definition) is 4. The van der Waals surface area contributed by atoms with Gasteiger partial charge in [-0.2, -0.15) is 0 Å². The van der Waals surface area contributed by atoms with E-state index in [4.69, 9.17) is 11.1 Å². The van der Waals surface area contributed by atoms with Crippen molar-refractivity contribution in [2.24, 2.45) is 5.73 Å². The van der Waals surface area contributed by atoms with E-state index in [1.165, 1.54) is 0 Å². The van der Waals surface area contributed by atoms with Crippen molar-refractivity contribution in [2.75, 3.05) is 10.6 Å². The van der Waals surface area contributed by atoms with Crippen LogP contribution < -0.4 is 16.4 Å². The number of aliphatic carboxylic acids is 1. The molecule has 3 aromatic rings. The topological polar surface area (TPSA) is 151 Å². The van der Waals surface area contributed by atoms with Crippen molar-refractivity contribution in [2.45, 2.75) is 16.6 Å². The van der Waals surface area contributed by atoms with Crippen LogP contribution in [0.3, 0.4) is 0 Å². The molecular formula is C23H22N4O4S. The fraction of sp³-hybridized carbons (Fsp3) is 0.0870. The predicted molar refractivity (Wildman–Crippen MR) is 124 cm³/mol. The number of carbonyl (C=O) groups excluding carboxylic acids is 1. The Morgan fingerprint density at radius 3 is 2.28 bits per heavy atom. The number of nitrogens with two attached hydrogens (primary N) is 1. The van der Waals surface area contributed by atoms with Crippen molar-refractivity contribution in [1.82, 2.24) is 0 Å². The first-order valence-electron chi connectivity index (χ1n) is 9.63. The maximum atomic E-state index is 13.2. The number of rotatable bonds is 8. The van der Waals surface area contributed by atoms with Gasteiger partial charge in [-0.05, 0) is 47.6 Å². The molecule has 0 fully saturated rings. The molecule has 0 aliphatic rings. The van der Waals surface area contributed by atoms with Gasteiger partial charge in [0.1, 0.15) is 0 Å². The first-order chi connectivity index (χ1) is 15.3. The van der Waals surface area contributed by atoms with E-state index < -0.39 is 22.4 Å². The lowest BCUT2D eigenvalue weighted by Gasteiger charge is -2.21. The quantitative estimate of drug-likeness (QED) is 0.201. The minimum atomic E-state index is -1.64. The van der Waals surface area contributed by atoms with Gasteiger partial charge >= 0.3 is 5.97 Å². The number of benzene rings is 3. The Balaban J connectivity index is 1.77. The molecule has 0 radical (unpaired) electrons. The van der Waals surface area contributed by atoms with Gasteiger partial charge in [0.2, 0.25) is 0 Å². The van der Waals surface area contributed by atoms with Crippen LogP contribution in [0, 0.1) is 5.41 Å². The smallest absolute Gasteiger partial charge is 0.308 e. The third kappa shape index (κ3) is 6.10. The summed E-state index contributed by atoms with van der Waals surface area (Å²) in [5.41, 5.74) is 7.36. The molecule has 164 valence electrons. The number of amides is 1. The van der Waals surface area contributed by atoms with E-state index in [-0.39, 0.29) is 18.3 Å². The highest BCUT2D eigenvalue weighted by Gasteiger charge is 2.29. The average molecular weight is 451 g/mol. The molecule has 0 aliphatic heterocycles. The van der Waals surface area contributed by atoms with E-state index in [9.17, 15) is 19.2 Å². The van der Waals surface area contributed by atoms with Crippen LogP contribution in [0.5, 0.6) is 0 Å². The Hall–Kier alpha value is -3.82. The number of anilines is 2. The largest absolute Gasteiger partial charge is 0.611 e. The average Bonchev–Trinajstić information content (AvgIpc) is 2.77. The van der Waals surface area contributed by atoms with Crippen molar-refractivity contribution in [3.05, 3.63) is 90.0 Å². The van der Waals surface area contributed by atoms with E-state index >= 15 is 0 Å². The first kappa shape index (κ1) is 22.9. The molecule has 0 aliphatic carbocycles. The number of hydrogen-bond donors (Lipinski definition) is 5. The van der Waals surface area contributed by atoms with Gasteiger partial charge in [-0.15, -0.1) is 0 Å². The second-order valence-corrected chi connectivity index (χ2v) is 8.53.